The van der Waals surface area contributed by atoms with E-state index in [1.165, 1.54) is 18.3 Å². The van der Waals surface area contributed by atoms with Crippen LogP contribution in [0, 0.1) is 5.82 Å². The first-order valence-electron chi connectivity index (χ1n) is 5.13. The van der Waals surface area contributed by atoms with Gasteiger partial charge in [-0.05, 0) is 18.2 Å². The molecular formula is C13H8F3NO. The fourth-order valence-corrected chi connectivity index (χ4v) is 1.53. The van der Waals surface area contributed by atoms with Crippen LogP contribution in [0.5, 0.6) is 0 Å². The van der Waals surface area contributed by atoms with Crippen molar-refractivity contribution in [2.24, 2.45) is 0 Å². The molecule has 0 saturated carbocycles. The van der Waals surface area contributed by atoms with Crippen LogP contribution in [0.1, 0.15) is 28.0 Å². The minimum absolute atomic E-state index is 0.0165. The quantitative estimate of drug-likeness (QED) is 0.782. The van der Waals surface area contributed by atoms with Crippen LogP contribution in [0.15, 0.2) is 42.6 Å². The summed E-state index contributed by atoms with van der Waals surface area (Å²) in [6, 6.07) is 7.91. The number of aromatic nitrogens is 1. The van der Waals surface area contributed by atoms with Gasteiger partial charge in [0.15, 0.2) is 0 Å². The number of nitrogens with zero attached hydrogens (tertiary/aromatic N) is 1. The molecule has 92 valence electrons. The Balaban J connectivity index is 2.47. The number of alkyl halides is 2. The predicted molar refractivity (Wildman–Crippen MR) is 59.0 cm³/mol. The molecular weight excluding hydrogens is 243 g/mol. The van der Waals surface area contributed by atoms with E-state index in [9.17, 15) is 18.0 Å². The van der Waals surface area contributed by atoms with Crippen LogP contribution in [-0.2, 0) is 0 Å². The second-order valence-corrected chi connectivity index (χ2v) is 3.55. The number of hydrogen-bond donors (Lipinski definition) is 0. The van der Waals surface area contributed by atoms with Crippen LogP contribution in [0.3, 0.4) is 0 Å². The van der Waals surface area contributed by atoms with Crippen molar-refractivity contribution in [3.8, 4) is 0 Å². The molecule has 0 bridgehead atoms. The number of rotatable bonds is 3. The first-order valence-corrected chi connectivity index (χ1v) is 5.13. The Bertz CT molecular complexity index is 570. The lowest BCUT2D eigenvalue weighted by molar-refractivity contribution is 0.102. The highest BCUT2D eigenvalue weighted by molar-refractivity contribution is 6.07. The van der Waals surface area contributed by atoms with Crippen LogP contribution in [-0.4, -0.2) is 10.8 Å². The van der Waals surface area contributed by atoms with Crippen LogP contribution in [0.4, 0.5) is 13.2 Å². The highest BCUT2D eigenvalue weighted by Gasteiger charge is 2.21. The number of carbonyl (C=O) groups excluding carboxylic acids is 1. The molecule has 18 heavy (non-hydrogen) atoms. The minimum atomic E-state index is -2.96. The standard InChI is InChI=1S/C13H8F3NO/c14-11-8(4-3-5-9(11)13(15)16)12(18)10-6-1-2-7-17-10/h1-7,13H. The molecule has 0 aliphatic rings. The topological polar surface area (TPSA) is 30.0 Å². The van der Waals surface area contributed by atoms with Gasteiger partial charge in [0.05, 0.1) is 11.1 Å². The molecule has 0 unspecified atom stereocenters. The summed E-state index contributed by atoms with van der Waals surface area (Å²) in [5, 5.41) is 0. The van der Waals surface area contributed by atoms with E-state index >= 15 is 0 Å². The van der Waals surface area contributed by atoms with E-state index in [1.807, 2.05) is 0 Å². The fourth-order valence-electron chi connectivity index (χ4n) is 1.53. The Kier molecular flexibility index (Phi) is 3.41. The van der Waals surface area contributed by atoms with Crippen molar-refractivity contribution in [1.29, 1.82) is 0 Å². The van der Waals surface area contributed by atoms with E-state index in [2.05, 4.69) is 4.98 Å². The first kappa shape index (κ1) is 12.3. The molecule has 0 fully saturated rings. The van der Waals surface area contributed by atoms with Crippen LogP contribution in [0.2, 0.25) is 0 Å². The van der Waals surface area contributed by atoms with Crippen LogP contribution >= 0.6 is 0 Å². The zero-order valence-corrected chi connectivity index (χ0v) is 9.11. The van der Waals surface area contributed by atoms with Gasteiger partial charge in [0.2, 0.25) is 5.78 Å². The molecule has 0 aliphatic carbocycles. The first-order chi connectivity index (χ1) is 8.61. The van der Waals surface area contributed by atoms with Gasteiger partial charge in [-0.15, -0.1) is 0 Å². The maximum atomic E-state index is 13.7. The molecule has 0 saturated heterocycles. The van der Waals surface area contributed by atoms with Crippen molar-refractivity contribution >= 4 is 5.78 Å². The van der Waals surface area contributed by atoms with Crippen molar-refractivity contribution in [1.82, 2.24) is 4.98 Å². The molecule has 0 N–H and O–H groups in total. The molecule has 0 aliphatic heterocycles. The zero-order valence-electron chi connectivity index (χ0n) is 9.11. The lowest BCUT2D eigenvalue weighted by Crippen LogP contribution is -2.08. The zero-order chi connectivity index (χ0) is 13.1. The molecule has 1 aromatic carbocycles. The molecule has 0 radical (unpaired) electrons. The summed E-state index contributed by atoms with van der Waals surface area (Å²) in [6.07, 6.45) is -1.58. The van der Waals surface area contributed by atoms with Gasteiger partial charge in [-0.2, -0.15) is 0 Å². The predicted octanol–water partition coefficient (Wildman–Crippen LogP) is 3.39. The van der Waals surface area contributed by atoms with Gasteiger partial charge in [-0.25, -0.2) is 13.2 Å². The smallest absolute Gasteiger partial charge is 0.266 e. The summed E-state index contributed by atoms with van der Waals surface area (Å²) in [6.45, 7) is 0. The molecule has 0 amide bonds. The maximum Gasteiger partial charge on any atom is 0.266 e. The molecule has 1 heterocycles. The van der Waals surface area contributed by atoms with Crippen molar-refractivity contribution in [2.45, 2.75) is 6.43 Å². The highest BCUT2D eigenvalue weighted by Crippen LogP contribution is 2.25. The van der Waals surface area contributed by atoms with Crippen molar-refractivity contribution in [3.63, 3.8) is 0 Å². The lowest BCUT2D eigenvalue weighted by atomic mass is 10.0. The van der Waals surface area contributed by atoms with Gasteiger partial charge in [0, 0.05) is 6.20 Å². The van der Waals surface area contributed by atoms with Crippen LogP contribution in [0.25, 0.3) is 0 Å². The maximum absolute atomic E-state index is 13.7. The molecule has 5 heteroatoms. The summed E-state index contributed by atoms with van der Waals surface area (Å²) in [7, 11) is 0. The second kappa shape index (κ2) is 5.00. The van der Waals surface area contributed by atoms with Gasteiger partial charge in [-0.1, -0.05) is 18.2 Å². The average molecular weight is 251 g/mol. The van der Waals surface area contributed by atoms with Crippen molar-refractivity contribution < 1.29 is 18.0 Å². The fraction of sp³-hybridized carbons (Fsp3) is 0.0769. The highest BCUT2D eigenvalue weighted by atomic mass is 19.3. The van der Waals surface area contributed by atoms with E-state index in [0.29, 0.717) is 0 Å². The summed E-state index contributed by atoms with van der Waals surface area (Å²) in [5.74, 6) is -1.90. The third kappa shape index (κ3) is 2.25. The lowest BCUT2D eigenvalue weighted by Gasteiger charge is -2.06. The Labute approximate surface area is 101 Å². The van der Waals surface area contributed by atoms with Gasteiger partial charge >= 0.3 is 0 Å². The van der Waals surface area contributed by atoms with E-state index in [4.69, 9.17) is 0 Å². The number of ketones is 1. The van der Waals surface area contributed by atoms with E-state index < -0.39 is 29.2 Å². The Morgan fingerprint density at radius 2 is 1.89 bits per heavy atom. The number of benzene rings is 1. The van der Waals surface area contributed by atoms with E-state index in [-0.39, 0.29) is 5.69 Å². The number of pyridine rings is 1. The molecule has 2 nitrogen and oxygen atoms in total. The molecule has 2 aromatic rings. The molecule has 1 aromatic heterocycles. The van der Waals surface area contributed by atoms with Gasteiger partial charge in [-0.3, -0.25) is 9.78 Å². The second-order valence-electron chi connectivity index (χ2n) is 3.55. The number of hydrogen-bond acceptors (Lipinski definition) is 2. The van der Waals surface area contributed by atoms with E-state index in [0.717, 1.165) is 12.1 Å². The number of halogens is 3. The monoisotopic (exact) mass is 251 g/mol. The molecule has 0 atom stereocenters. The van der Waals surface area contributed by atoms with Gasteiger partial charge in [0.25, 0.3) is 6.43 Å². The van der Waals surface area contributed by atoms with Crippen molar-refractivity contribution in [3.05, 3.63) is 65.2 Å². The average Bonchev–Trinajstić information content (AvgIpc) is 2.39. The summed E-state index contributed by atoms with van der Waals surface area (Å²) in [4.78, 5) is 15.7. The summed E-state index contributed by atoms with van der Waals surface area (Å²) < 4.78 is 38.7. The third-order valence-corrected chi connectivity index (χ3v) is 2.41. The van der Waals surface area contributed by atoms with Crippen molar-refractivity contribution in [2.75, 3.05) is 0 Å². The Morgan fingerprint density at radius 3 is 2.50 bits per heavy atom. The third-order valence-electron chi connectivity index (χ3n) is 2.41. The summed E-state index contributed by atoms with van der Waals surface area (Å²) in [5.41, 5.74) is -1.16. The Hall–Kier alpha value is -2.17. The van der Waals surface area contributed by atoms with Crippen LogP contribution < -0.4 is 0 Å². The number of carbonyl (C=O) groups is 1. The minimum Gasteiger partial charge on any atom is -0.287 e. The van der Waals surface area contributed by atoms with Gasteiger partial charge in [0.1, 0.15) is 11.5 Å². The largest absolute Gasteiger partial charge is 0.287 e. The van der Waals surface area contributed by atoms with Gasteiger partial charge < -0.3 is 0 Å². The normalized spacial score (nSPS) is 10.7. The van der Waals surface area contributed by atoms with E-state index in [1.54, 1.807) is 12.1 Å². The molecule has 0 spiro atoms. The summed E-state index contributed by atoms with van der Waals surface area (Å²) >= 11 is 0. The molecule has 2 rings (SSSR count). The SMILES string of the molecule is O=C(c1ccccn1)c1cccc(C(F)F)c1F. The Morgan fingerprint density at radius 1 is 1.11 bits per heavy atom.